The van der Waals surface area contributed by atoms with Gasteiger partial charge < -0.3 is 24.4 Å². The summed E-state index contributed by atoms with van der Waals surface area (Å²) in [5.74, 6) is 0.439. The Morgan fingerprint density at radius 3 is 2.42 bits per heavy atom. The van der Waals surface area contributed by atoms with E-state index >= 15 is 0 Å². The van der Waals surface area contributed by atoms with Gasteiger partial charge in [-0.2, -0.15) is 0 Å². The number of benzene rings is 1. The Morgan fingerprint density at radius 2 is 1.81 bits per heavy atom. The van der Waals surface area contributed by atoms with Crippen molar-refractivity contribution in [3.05, 3.63) is 24.3 Å². The van der Waals surface area contributed by atoms with Crippen LogP contribution in [0.2, 0.25) is 0 Å². The highest BCUT2D eigenvalue weighted by molar-refractivity contribution is 5.97. The highest BCUT2D eigenvalue weighted by Gasteiger charge is 2.41. The zero-order valence-corrected chi connectivity index (χ0v) is 15.2. The van der Waals surface area contributed by atoms with Crippen LogP contribution in [0, 0.1) is 0 Å². The Balaban J connectivity index is 1.50. The fourth-order valence-electron chi connectivity index (χ4n) is 3.40. The number of amides is 2. The van der Waals surface area contributed by atoms with Crippen LogP contribution in [-0.4, -0.2) is 62.3 Å². The van der Waals surface area contributed by atoms with E-state index in [0.717, 1.165) is 25.7 Å². The molecule has 2 fully saturated rings. The van der Waals surface area contributed by atoms with Crippen LogP contribution in [0.15, 0.2) is 24.3 Å². The maximum Gasteiger partial charge on any atom is 0.260 e. The largest absolute Gasteiger partial charge is 0.484 e. The van der Waals surface area contributed by atoms with Gasteiger partial charge in [0, 0.05) is 25.9 Å². The van der Waals surface area contributed by atoms with Gasteiger partial charge in [-0.15, -0.1) is 0 Å². The third kappa shape index (κ3) is 4.34. The molecule has 1 aromatic rings. The summed E-state index contributed by atoms with van der Waals surface area (Å²) in [6.45, 7) is 2.35. The smallest absolute Gasteiger partial charge is 0.260 e. The van der Waals surface area contributed by atoms with Crippen LogP contribution in [0.1, 0.15) is 25.7 Å². The molecule has 7 nitrogen and oxygen atoms in total. The van der Waals surface area contributed by atoms with Gasteiger partial charge in [-0.3, -0.25) is 9.59 Å². The molecule has 1 saturated heterocycles. The van der Waals surface area contributed by atoms with Crippen molar-refractivity contribution in [1.29, 1.82) is 0 Å². The third-order valence-electron chi connectivity index (χ3n) is 5.05. The SMILES string of the molecule is COC1(C(=O)Nc2ccc(OCC(=O)N3CCOCC3)cc2)CCCC1. The minimum Gasteiger partial charge on any atom is -0.484 e. The molecule has 0 aromatic heterocycles. The molecule has 1 N–H and O–H groups in total. The molecule has 1 saturated carbocycles. The Hall–Kier alpha value is -2.12. The number of ether oxygens (including phenoxy) is 3. The summed E-state index contributed by atoms with van der Waals surface area (Å²) in [6, 6.07) is 7.03. The quantitative estimate of drug-likeness (QED) is 0.835. The van der Waals surface area contributed by atoms with E-state index in [-0.39, 0.29) is 18.4 Å². The normalized spacial score (nSPS) is 19.2. The Bertz CT molecular complexity index is 619. The molecule has 0 bridgehead atoms. The second-order valence-corrected chi connectivity index (χ2v) is 6.67. The summed E-state index contributed by atoms with van der Waals surface area (Å²) >= 11 is 0. The molecule has 1 heterocycles. The number of hydrogen-bond acceptors (Lipinski definition) is 5. The maximum absolute atomic E-state index is 12.5. The number of nitrogens with one attached hydrogen (secondary N) is 1. The summed E-state index contributed by atoms with van der Waals surface area (Å²) in [6.07, 6.45) is 3.51. The minimum absolute atomic E-state index is 0.00150. The van der Waals surface area contributed by atoms with Crippen LogP contribution in [-0.2, 0) is 19.1 Å². The standard InChI is InChI=1S/C19H26N2O5/c1-24-19(8-2-3-9-19)18(23)20-15-4-6-16(7-5-15)26-14-17(22)21-10-12-25-13-11-21/h4-7H,2-3,8-14H2,1H3,(H,20,23). The molecule has 26 heavy (non-hydrogen) atoms. The predicted molar refractivity (Wildman–Crippen MR) is 96.2 cm³/mol. The van der Waals surface area contributed by atoms with Gasteiger partial charge in [-0.05, 0) is 49.9 Å². The molecule has 2 amide bonds. The second-order valence-electron chi connectivity index (χ2n) is 6.67. The molecule has 1 aromatic carbocycles. The summed E-state index contributed by atoms with van der Waals surface area (Å²) in [5.41, 5.74) is -0.0232. The van der Waals surface area contributed by atoms with Crippen molar-refractivity contribution < 1.29 is 23.8 Å². The van der Waals surface area contributed by atoms with Gasteiger partial charge >= 0.3 is 0 Å². The molecule has 1 aliphatic heterocycles. The van der Waals surface area contributed by atoms with E-state index in [9.17, 15) is 9.59 Å². The summed E-state index contributed by atoms with van der Waals surface area (Å²) in [4.78, 5) is 26.3. The first-order valence-electron chi connectivity index (χ1n) is 9.08. The van der Waals surface area contributed by atoms with E-state index in [2.05, 4.69) is 5.32 Å². The molecule has 1 aliphatic carbocycles. The van der Waals surface area contributed by atoms with Gasteiger partial charge in [0.25, 0.3) is 11.8 Å². The van der Waals surface area contributed by atoms with Gasteiger partial charge in [0.2, 0.25) is 0 Å². The number of morpholine rings is 1. The number of nitrogens with zero attached hydrogens (tertiary/aromatic N) is 1. The molecular weight excluding hydrogens is 336 g/mol. The van der Waals surface area contributed by atoms with E-state index in [1.807, 2.05) is 0 Å². The molecule has 2 aliphatic rings. The summed E-state index contributed by atoms with van der Waals surface area (Å²) in [5, 5.41) is 2.91. The van der Waals surface area contributed by atoms with Crippen LogP contribution in [0.3, 0.4) is 0 Å². The van der Waals surface area contributed by atoms with Crippen LogP contribution < -0.4 is 10.1 Å². The van der Waals surface area contributed by atoms with Crippen LogP contribution in [0.5, 0.6) is 5.75 Å². The number of carbonyl (C=O) groups excluding carboxylic acids is 2. The summed E-state index contributed by atoms with van der Waals surface area (Å²) in [7, 11) is 1.59. The van der Waals surface area contributed by atoms with Gasteiger partial charge in [-0.1, -0.05) is 0 Å². The van der Waals surface area contributed by atoms with Gasteiger partial charge in [0.15, 0.2) is 6.61 Å². The highest BCUT2D eigenvalue weighted by atomic mass is 16.5. The molecular formula is C19H26N2O5. The van der Waals surface area contributed by atoms with Gasteiger partial charge in [-0.25, -0.2) is 0 Å². The number of rotatable bonds is 6. The van der Waals surface area contributed by atoms with Crippen molar-refractivity contribution in [2.75, 3.05) is 45.3 Å². The first-order chi connectivity index (χ1) is 12.6. The highest BCUT2D eigenvalue weighted by Crippen LogP contribution is 2.33. The van der Waals surface area contributed by atoms with Crippen molar-refractivity contribution in [3.8, 4) is 5.75 Å². The number of carbonyl (C=O) groups is 2. The number of hydrogen-bond donors (Lipinski definition) is 1. The van der Waals surface area contributed by atoms with E-state index in [1.54, 1.807) is 36.3 Å². The average Bonchev–Trinajstić information content (AvgIpc) is 3.18. The van der Waals surface area contributed by atoms with E-state index < -0.39 is 5.60 Å². The Kier molecular flexibility index (Phi) is 6.11. The first-order valence-corrected chi connectivity index (χ1v) is 9.08. The second kappa shape index (κ2) is 8.51. The van der Waals surface area contributed by atoms with Gasteiger partial charge in [0.05, 0.1) is 13.2 Å². The molecule has 0 atom stereocenters. The zero-order valence-electron chi connectivity index (χ0n) is 15.2. The van der Waals surface area contributed by atoms with Crippen molar-refractivity contribution >= 4 is 17.5 Å². The first kappa shape index (κ1) is 18.7. The number of methoxy groups -OCH3 is 1. The average molecular weight is 362 g/mol. The lowest BCUT2D eigenvalue weighted by Crippen LogP contribution is -2.43. The number of anilines is 1. The lowest BCUT2D eigenvalue weighted by atomic mass is 10.0. The monoisotopic (exact) mass is 362 g/mol. The maximum atomic E-state index is 12.5. The molecule has 0 unspecified atom stereocenters. The van der Waals surface area contributed by atoms with E-state index in [4.69, 9.17) is 14.2 Å². The molecule has 3 rings (SSSR count). The van der Waals surface area contributed by atoms with Crippen molar-refractivity contribution in [3.63, 3.8) is 0 Å². The van der Waals surface area contributed by atoms with Crippen LogP contribution in [0.4, 0.5) is 5.69 Å². The Morgan fingerprint density at radius 1 is 1.15 bits per heavy atom. The fraction of sp³-hybridized carbons (Fsp3) is 0.579. The summed E-state index contributed by atoms with van der Waals surface area (Å²) < 4.78 is 16.3. The lowest BCUT2D eigenvalue weighted by molar-refractivity contribution is -0.137. The molecule has 7 heteroatoms. The van der Waals surface area contributed by atoms with Crippen molar-refractivity contribution in [1.82, 2.24) is 4.90 Å². The molecule has 142 valence electrons. The third-order valence-corrected chi connectivity index (χ3v) is 5.05. The predicted octanol–water partition coefficient (Wildman–Crippen LogP) is 1.82. The van der Waals surface area contributed by atoms with E-state index in [0.29, 0.717) is 37.7 Å². The van der Waals surface area contributed by atoms with E-state index in [1.165, 1.54) is 0 Å². The van der Waals surface area contributed by atoms with Gasteiger partial charge in [0.1, 0.15) is 11.4 Å². The molecule has 0 radical (unpaired) electrons. The minimum atomic E-state index is -0.709. The van der Waals surface area contributed by atoms with Crippen molar-refractivity contribution in [2.24, 2.45) is 0 Å². The zero-order chi connectivity index (χ0) is 18.4. The molecule has 0 spiro atoms. The lowest BCUT2D eigenvalue weighted by Gasteiger charge is -2.26. The van der Waals surface area contributed by atoms with Crippen LogP contribution in [0.25, 0.3) is 0 Å². The topological polar surface area (TPSA) is 77.1 Å². The van der Waals surface area contributed by atoms with Crippen LogP contribution >= 0.6 is 0 Å². The Labute approximate surface area is 153 Å². The fourth-order valence-corrected chi connectivity index (χ4v) is 3.40. The van der Waals surface area contributed by atoms with Crippen molar-refractivity contribution in [2.45, 2.75) is 31.3 Å².